The van der Waals surface area contributed by atoms with Crippen LogP contribution in [0.3, 0.4) is 0 Å². The molecule has 2 amide bonds. The molecule has 3 N–H and O–H groups in total. The molecule has 1 atom stereocenters. The van der Waals surface area contributed by atoms with Gasteiger partial charge in [-0.2, -0.15) is 0 Å². The Bertz CT molecular complexity index is 269. The molecule has 2 fully saturated rings. The normalized spacial score (nSPS) is 23.7. The average molecular weight is 255 g/mol. The molecule has 1 saturated carbocycles. The number of piperidine rings is 1. The number of hydrogen-bond donors (Lipinski definition) is 3. The van der Waals surface area contributed by atoms with Crippen molar-refractivity contribution in [3.05, 3.63) is 0 Å². The van der Waals surface area contributed by atoms with Crippen molar-refractivity contribution in [3.63, 3.8) is 0 Å². The minimum absolute atomic E-state index is 0.00401. The predicted octanol–water partition coefficient (Wildman–Crippen LogP) is 0.683. The highest BCUT2D eigenvalue weighted by molar-refractivity contribution is 5.74. The van der Waals surface area contributed by atoms with Gasteiger partial charge in [-0.05, 0) is 32.1 Å². The molecule has 104 valence electrons. The van der Waals surface area contributed by atoms with Crippen LogP contribution in [0.1, 0.15) is 39.0 Å². The minimum atomic E-state index is -0.138. The van der Waals surface area contributed by atoms with Crippen LogP contribution in [0.2, 0.25) is 0 Å². The fourth-order valence-corrected chi connectivity index (χ4v) is 2.54. The molecule has 0 aromatic rings. The van der Waals surface area contributed by atoms with E-state index in [2.05, 4.69) is 15.5 Å². The summed E-state index contributed by atoms with van der Waals surface area (Å²) in [5.74, 6) is 0. The fraction of sp³-hybridized carbons (Fsp3) is 0.923. The Balaban J connectivity index is 1.65. The molecule has 1 heterocycles. The Morgan fingerprint density at radius 3 is 2.50 bits per heavy atom. The Labute approximate surface area is 109 Å². The Morgan fingerprint density at radius 1 is 1.33 bits per heavy atom. The molecule has 1 aliphatic heterocycles. The smallest absolute Gasteiger partial charge is 0.315 e. The summed E-state index contributed by atoms with van der Waals surface area (Å²) in [5.41, 5.74) is 0. The van der Waals surface area contributed by atoms with E-state index < -0.39 is 0 Å². The van der Waals surface area contributed by atoms with Crippen LogP contribution in [0.5, 0.6) is 0 Å². The molecule has 0 bridgehead atoms. The van der Waals surface area contributed by atoms with Crippen molar-refractivity contribution in [1.29, 1.82) is 0 Å². The van der Waals surface area contributed by atoms with Crippen LogP contribution < -0.4 is 10.6 Å². The molecule has 0 radical (unpaired) electrons. The van der Waals surface area contributed by atoms with Gasteiger partial charge in [-0.15, -0.1) is 0 Å². The Kier molecular flexibility index (Phi) is 4.83. The number of amides is 2. The molecular weight excluding hydrogens is 230 g/mol. The third kappa shape index (κ3) is 3.85. The van der Waals surface area contributed by atoms with Crippen LogP contribution in [0, 0.1) is 0 Å². The number of rotatable bonds is 5. The van der Waals surface area contributed by atoms with E-state index >= 15 is 0 Å². The van der Waals surface area contributed by atoms with Gasteiger partial charge in [0.15, 0.2) is 0 Å². The van der Waals surface area contributed by atoms with E-state index in [1.165, 1.54) is 12.8 Å². The van der Waals surface area contributed by atoms with Crippen LogP contribution in [-0.2, 0) is 0 Å². The van der Waals surface area contributed by atoms with Crippen LogP contribution in [0.25, 0.3) is 0 Å². The largest absolute Gasteiger partial charge is 0.394 e. The zero-order valence-corrected chi connectivity index (χ0v) is 11.2. The van der Waals surface area contributed by atoms with Gasteiger partial charge in [0, 0.05) is 25.2 Å². The number of likely N-dealkylation sites (tertiary alicyclic amines) is 1. The summed E-state index contributed by atoms with van der Waals surface area (Å²) in [4.78, 5) is 14.3. The third-order valence-electron chi connectivity index (χ3n) is 3.98. The van der Waals surface area contributed by atoms with Gasteiger partial charge < -0.3 is 20.6 Å². The standard InChI is InChI=1S/C13H25N3O2/c1-2-10(9-17)14-13(18)15-11-5-7-16(8-6-11)12-3-4-12/h10-12,17H,2-9H2,1H3,(H2,14,15,18). The zero-order chi connectivity index (χ0) is 13.0. The van der Waals surface area contributed by atoms with Crippen LogP contribution >= 0.6 is 0 Å². The average Bonchev–Trinajstić information content (AvgIpc) is 3.21. The van der Waals surface area contributed by atoms with Gasteiger partial charge in [-0.25, -0.2) is 4.79 Å². The Hall–Kier alpha value is -0.810. The number of aliphatic hydroxyl groups is 1. The van der Waals surface area contributed by atoms with Gasteiger partial charge in [-0.3, -0.25) is 0 Å². The maximum absolute atomic E-state index is 11.7. The van der Waals surface area contributed by atoms with Gasteiger partial charge >= 0.3 is 6.03 Å². The van der Waals surface area contributed by atoms with E-state index in [1.807, 2.05) is 6.92 Å². The molecule has 5 heteroatoms. The summed E-state index contributed by atoms with van der Waals surface area (Å²) >= 11 is 0. The van der Waals surface area contributed by atoms with Gasteiger partial charge in [0.1, 0.15) is 0 Å². The van der Waals surface area contributed by atoms with E-state index in [4.69, 9.17) is 5.11 Å². The molecule has 0 aromatic heterocycles. The minimum Gasteiger partial charge on any atom is -0.394 e. The second-order valence-corrected chi connectivity index (χ2v) is 5.45. The molecule has 0 spiro atoms. The van der Waals surface area contributed by atoms with Crippen molar-refractivity contribution < 1.29 is 9.90 Å². The molecule has 5 nitrogen and oxygen atoms in total. The van der Waals surface area contributed by atoms with E-state index in [0.717, 1.165) is 38.4 Å². The lowest BCUT2D eigenvalue weighted by atomic mass is 10.1. The molecule has 18 heavy (non-hydrogen) atoms. The number of aliphatic hydroxyl groups excluding tert-OH is 1. The maximum Gasteiger partial charge on any atom is 0.315 e. The van der Waals surface area contributed by atoms with E-state index in [0.29, 0.717) is 0 Å². The van der Waals surface area contributed by atoms with Crippen molar-refractivity contribution in [2.24, 2.45) is 0 Å². The summed E-state index contributed by atoms with van der Waals surface area (Å²) in [6.45, 7) is 4.17. The van der Waals surface area contributed by atoms with Gasteiger partial charge in [0.05, 0.1) is 12.6 Å². The highest BCUT2D eigenvalue weighted by atomic mass is 16.3. The fourth-order valence-electron chi connectivity index (χ4n) is 2.54. The molecule has 0 aromatic carbocycles. The number of carbonyl (C=O) groups excluding carboxylic acids is 1. The zero-order valence-electron chi connectivity index (χ0n) is 11.2. The first kappa shape index (κ1) is 13.6. The van der Waals surface area contributed by atoms with Crippen molar-refractivity contribution in [2.75, 3.05) is 19.7 Å². The van der Waals surface area contributed by atoms with Crippen LogP contribution in [-0.4, -0.2) is 53.9 Å². The highest BCUT2D eigenvalue weighted by Crippen LogP contribution is 2.29. The maximum atomic E-state index is 11.7. The molecule has 2 aliphatic rings. The van der Waals surface area contributed by atoms with Gasteiger partial charge in [0.25, 0.3) is 0 Å². The topological polar surface area (TPSA) is 64.6 Å². The molecule has 2 rings (SSSR count). The molecule has 1 saturated heterocycles. The quantitative estimate of drug-likeness (QED) is 0.677. The third-order valence-corrected chi connectivity index (χ3v) is 3.98. The number of nitrogens with one attached hydrogen (secondary N) is 2. The van der Waals surface area contributed by atoms with Crippen LogP contribution in [0.4, 0.5) is 4.79 Å². The number of urea groups is 1. The summed E-state index contributed by atoms with van der Waals surface area (Å²) < 4.78 is 0. The highest BCUT2D eigenvalue weighted by Gasteiger charge is 2.32. The first-order valence-electron chi connectivity index (χ1n) is 7.14. The monoisotopic (exact) mass is 255 g/mol. The first-order chi connectivity index (χ1) is 8.72. The van der Waals surface area contributed by atoms with Gasteiger partial charge in [0.2, 0.25) is 0 Å². The second kappa shape index (κ2) is 6.38. The first-order valence-corrected chi connectivity index (χ1v) is 7.14. The van der Waals surface area contributed by atoms with E-state index in [1.54, 1.807) is 0 Å². The van der Waals surface area contributed by atoms with Crippen molar-refractivity contribution in [1.82, 2.24) is 15.5 Å². The SMILES string of the molecule is CCC(CO)NC(=O)NC1CCN(C2CC2)CC1. The predicted molar refractivity (Wildman–Crippen MR) is 70.4 cm³/mol. The molecule has 1 unspecified atom stereocenters. The lowest BCUT2D eigenvalue weighted by molar-refractivity contribution is 0.181. The summed E-state index contributed by atoms with van der Waals surface area (Å²) in [6.07, 6.45) is 5.55. The van der Waals surface area contributed by atoms with E-state index in [-0.39, 0.29) is 24.7 Å². The number of carbonyl (C=O) groups is 1. The lowest BCUT2D eigenvalue weighted by Gasteiger charge is -2.32. The van der Waals surface area contributed by atoms with Crippen molar-refractivity contribution >= 4 is 6.03 Å². The summed E-state index contributed by atoms with van der Waals surface area (Å²) in [5, 5.41) is 14.8. The lowest BCUT2D eigenvalue weighted by Crippen LogP contribution is -2.50. The second-order valence-electron chi connectivity index (χ2n) is 5.45. The number of nitrogens with zero attached hydrogens (tertiary/aromatic N) is 1. The van der Waals surface area contributed by atoms with E-state index in [9.17, 15) is 4.79 Å². The van der Waals surface area contributed by atoms with Crippen molar-refractivity contribution in [3.8, 4) is 0 Å². The molecule has 1 aliphatic carbocycles. The number of hydrogen-bond acceptors (Lipinski definition) is 3. The molecular formula is C13H25N3O2. The van der Waals surface area contributed by atoms with Gasteiger partial charge in [-0.1, -0.05) is 6.92 Å². The Morgan fingerprint density at radius 2 is 2.00 bits per heavy atom. The summed E-state index contributed by atoms with van der Waals surface area (Å²) in [7, 11) is 0. The summed E-state index contributed by atoms with van der Waals surface area (Å²) in [6, 6.07) is 0.854. The van der Waals surface area contributed by atoms with Crippen LogP contribution in [0.15, 0.2) is 0 Å². The van der Waals surface area contributed by atoms with Crippen molar-refractivity contribution in [2.45, 2.75) is 57.2 Å².